The molecule has 2 aliphatic heterocycles. The number of nitrogens with zero attached hydrogens (tertiary/aromatic N) is 2. The zero-order valence-corrected chi connectivity index (χ0v) is 17.8. The van der Waals surface area contributed by atoms with E-state index >= 15 is 0 Å². The highest BCUT2D eigenvalue weighted by molar-refractivity contribution is 7.89. The highest BCUT2D eigenvalue weighted by atomic mass is 32.2. The number of amides is 2. The molecular weight excluding hydrogens is 398 g/mol. The van der Waals surface area contributed by atoms with Crippen LogP contribution in [-0.4, -0.2) is 74.7 Å². The number of ether oxygens (including phenoxy) is 1. The van der Waals surface area contributed by atoms with Gasteiger partial charge >= 0.3 is 5.97 Å². The van der Waals surface area contributed by atoms with Crippen LogP contribution in [0.15, 0.2) is 29.2 Å². The molecule has 9 nitrogen and oxygen atoms in total. The smallest absolute Gasteiger partial charge is 0.326 e. The Balaban J connectivity index is 1.92. The molecule has 158 valence electrons. The third kappa shape index (κ3) is 3.24. The fourth-order valence-corrected chi connectivity index (χ4v) is 5.43. The first kappa shape index (κ1) is 21.4. The lowest BCUT2D eigenvalue weighted by molar-refractivity contribution is -0.152. The van der Waals surface area contributed by atoms with E-state index in [0.29, 0.717) is 0 Å². The normalized spacial score (nSPS) is 29.4. The molecule has 4 atom stereocenters. The van der Waals surface area contributed by atoms with E-state index in [1.165, 1.54) is 40.3 Å². The molecule has 0 bridgehead atoms. The lowest BCUT2D eigenvalue weighted by Crippen LogP contribution is -2.56. The molecule has 1 N–H and O–H groups in total. The van der Waals surface area contributed by atoms with E-state index in [-0.39, 0.29) is 11.4 Å². The molecule has 0 radical (unpaired) electrons. The molecule has 1 aromatic carbocycles. The first-order valence-corrected chi connectivity index (χ1v) is 10.6. The van der Waals surface area contributed by atoms with Crippen molar-refractivity contribution in [3.8, 4) is 0 Å². The van der Waals surface area contributed by atoms with Crippen molar-refractivity contribution in [1.82, 2.24) is 14.5 Å². The van der Waals surface area contributed by atoms with Crippen LogP contribution >= 0.6 is 0 Å². The average molecular weight is 423 g/mol. The van der Waals surface area contributed by atoms with Gasteiger partial charge in [-0.2, -0.15) is 4.31 Å². The lowest BCUT2D eigenvalue weighted by atomic mass is 9.81. The van der Waals surface area contributed by atoms with E-state index in [1.807, 2.05) is 6.92 Å². The van der Waals surface area contributed by atoms with Crippen LogP contribution < -0.4 is 5.32 Å². The van der Waals surface area contributed by atoms with Crippen molar-refractivity contribution in [2.45, 2.75) is 30.3 Å². The predicted octanol–water partition coefficient (Wildman–Crippen LogP) is -0.250. The molecular formula is C19H25N3O6S. The SMILES string of the molecule is COC(=O)[C@]1(C)N[C@H](CN(C)S(=O)(=O)c2ccc(C)cc2)[C@@H]2C(=O)N(C)C(=O)[C@@H]21. The highest BCUT2D eigenvalue weighted by Gasteiger charge is 2.66. The summed E-state index contributed by atoms with van der Waals surface area (Å²) in [6.45, 7) is 3.28. The van der Waals surface area contributed by atoms with Gasteiger partial charge in [-0.1, -0.05) is 17.7 Å². The largest absolute Gasteiger partial charge is 0.468 e. The molecule has 29 heavy (non-hydrogen) atoms. The number of benzene rings is 1. The number of imide groups is 1. The van der Waals surface area contributed by atoms with Crippen LogP contribution in [0.5, 0.6) is 0 Å². The second-order valence-electron chi connectivity index (χ2n) is 7.78. The molecule has 10 heteroatoms. The molecule has 3 rings (SSSR count). The molecule has 0 spiro atoms. The maximum absolute atomic E-state index is 12.9. The number of sulfonamides is 1. The maximum atomic E-state index is 12.9. The fourth-order valence-electron chi connectivity index (χ4n) is 4.23. The van der Waals surface area contributed by atoms with E-state index < -0.39 is 51.2 Å². The number of carbonyl (C=O) groups is 3. The average Bonchev–Trinajstić information content (AvgIpc) is 3.10. The standard InChI is InChI=1S/C19H25N3O6S/c1-11-6-8-12(9-7-11)29(26,27)21(3)10-13-14-15(17(24)22(4)16(14)23)19(2,20-13)18(25)28-5/h6-9,13-15,20H,10H2,1-5H3/t13-,14+,15-,19-/m1/s1. The second-order valence-corrected chi connectivity index (χ2v) is 9.83. The van der Waals surface area contributed by atoms with Crippen molar-refractivity contribution in [2.75, 3.05) is 27.7 Å². The van der Waals surface area contributed by atoms with Crippen LogP contribution in [0.4, 0.5) is 0 Å². The zero-order valence-electron chi connectivity index (χ0n) is 17.0. The molecule has 0 saturated carbocycles. The third-order valence-electron chi connectivity index (χ3n) is 5.90. The molecule has 0 unspecified atom stereocenters. The Morgan fingerprint density at radius 3 is 2.38 bits per heavy atom. The Labute approximate surface area is 170 Å². The highest BCUT2D eigenvalue weighted by Crippen LogP contribution is 2.43. The number of likely N-dealkylation sites (N-methyl/N-ethyl adjacent to an activating group) is 1. The Bertz CT molecular complexity index is 961. The van der Waals surface area contributed by atoms with Gasteiger partial charge in [-0.3, -0.25) is 24.6 Å². The van der Waals surface area contributed by atoms with Gasteiger partial charge in [0.15, 0.2) is 0 Å². The second kappa shape index (κ2) is 7.19. The number of carbonyl (C=O) groups excluding carboxylic acids is 3. The summed E-state index contributed by atoms with van der Waals surface area (Å²) < 4.78 is 31.8. The van der Waals surface area contributed by atoms with E-state index in [1.54, 1.807) is 12.1 Å². The molecule has 2 amide bonds. The predicted molar refractivity (Wildman–Crippen MR) is 103 cm³/mol. The monoisotopic (exact) mass is 423 g/mol. The van der Waals surface area contributed by atoms with E-state index in [4.69, 9.17) is 4.74 Å². The summed E-state index contributed by atoms with van der Waals surface area (Å²) in [6, 6.07) is 5.71. The van der Waals surface area contributed by atoms with Crippen molar-refractivity contribution < 1.29 is 27.5 Å². The zero-order chi connectivity index (χ0) is 21.7. The van der Waals surface area contributed by atoms with Crippen molar-refractivity contribution in [2.24, 2.45) is 11.8 Å². The minimum Gasteiger partial charge on any atom is -0.468 e. The van der Waals surface area contributed by atoms with Gasteiger partial charge in [0.2, 0.25) is 21.8 Å². The summed E-state index contributed by atoms with van der Waals surface area (Å²) in [5.41, 5.74) is -0.491. The summed E-state index contributed by atoms with van der Waals surface area (Å²) in [7, 11) is 0.166. The number of esters is 1. The Morgan fingerprint density at radius 1 is 1.24 bits per heavy atom. The first-order valence-electron chi connectivity index (χ1n) is 9.15. The van der Waals surface area contributed by atoms with E-state index in [0.717, 1.165) is 14.8 Å². The van der Waals surface area contributed by atoms with Gasteiger partial charge in [0.1, 0.15) is 5.54 Å². The molecule has 2 aliphatic rings. The summed E-state index contributed by atoms with van der Waals surface area (Å²) in [4.78, 5) is 38.9. The minimum atomic E-state index is -3.81. The number of fused-ring (bicyclic) bond motifs is 1. The lowest BCUT2D eigenvalue weighted by Gasteiger charge is -2.29. The molecule has 2 saturated heterocycles. The number of hydrogen-bond acceptors (Lipinski definition) is 7. The maximum Gasteiger partial charge on any atom is 0.326 e. The van der Waals surface area contributed by atoms with Gasteiger partial charge in [-0.25, -0.2) is 8.42 Å². The van der Waals surface area contributed by atoms with Gasteiger partial charge in [-0.15, -0.1) is 0 Å². The topological polar surface area (TPSA) is 113 Å². The quantitative estimate of drug-likeness (QED) is 0.513. The first-order chi connectivity index (χ1) is 13.4. The Morgan fingerprint density at radius 2 is 1.83 bits per heavy atom. The van der Waals surface area contributed by atoms with Crippen LogP contribution in [0.3, 0.4) is 0 Å². The third-order valence-corrected chi connectivity index (χ3v) is 7.74. The van der Waals surface area contributed by atoms with Gasteiger partial charge in [-0.05, 0) is 26.0 Å². The minimum absolute atomic E-state index is 0.0865. The van der Waals surface area contributed by atoms with Gasteiger partial charge in [0, 0.05) is 26.7 Å². The summed E-state index contributed by atoms with van der Waals surface area (Å²) >= 11 is 0. The van der Waals surface area contributed by atoms with Crippen molar-refractivity contribution >= 4 is 27.8 Å². The molecule has 2 heterocycles. The number of hydrogen-bond donors (Lipinski definition) is 1. The van der Waals surface area contributed by atoms with Crippen molar-refractivity contribution in [3.05, 3.63) is 29.8 Å². The molecule has 0 aliphatic carbocycles. The van der Waals surface area contributed by atoms with Crippen LogP contribution in [0.1, 0.15) is 12.5 Å². The van der Waals surface area contributed by atoms with Crippen molar-refractivity contribution in [3.63, 3.8) is 0 Å². The van der Waals surface area contributed by atoms with Crippen LogP contribution in [0.25, 0.3) is 0 Å². The molecule has 1 aromatic rings. The number of rotatable bonds is 5. The van der Waals surface area contributed by atoms with E-state index in [2.05, 4.69) is 5.32 Å². The Hall–Kier alpha value is -2.30. The van der Waals surface area contributed by atoms with Crippen LogP contribution in [0, 0.1) is 18.8 Å². The molecule has 2 fully saturated rings. The number of aryl methyl sites for hydroxylation is 1. The van der Waals surface area contributed by atoms with Crippen LogP contribution in [0.2, 0.25) is 0 Å². The number of likely N-dealkylation sites (tertiary alicyclic amines) is 1. The summed E-state index contributed by atoms with van der Waals surface area (Å²) in [5.74, 6) is -3.39. The summed E-state index contributed by atoms with van der Waals surface area (Å²) in [5, 5.41) is 3.02. The van der Waals surface area contributed by atoms with Gasteiger partial charge in [0.05, 0.1) is 23.8 Å². The molecule has 0 aromatic heterocycles. The van der Waals surface area contributed by atoms with Crippen LogP contribution in [-0.2, 0) is 29.1 Å². The number of nitrogens with one attached hydrogen (secondary N) is 1. The Kier molecular flexibility index (Phi) is 5.31. The summed E-state index contributed by atoms with van der Waals surface area (Å²) in [6.07, 6.45) is 0. The van der Waals surface area contributed by atoms with Gasteiger partial charge < -0.3 is 4.74 Å². The van der Waals surface area contributed by atoms with Crippen molar-refractivity contribution in [1.29, 1.82) is 0 Å². The van der Waals surface area contributed by atoms with E-state index in [9.17, 15) is 22.8 Å². The van der Waals surface area contributed by atoms with Gasteiger partial charge in [0.25, 0.3) is 0 Å². The fraction of sp³-hybridized carbons (Fsp3) is 0.526. The number of methoxy groups -OCH3 is 1.